The van der Waals surface area contributed by atoms with E-state index in [9.17, 15) is 8.42 Å². The third-order valence-corrected chi connectivity index (χ3v) is 10.0. The molecule has 226 valence electrons. The second-order valence-electron chi connectivity index (χ2n) is 12.0. The fourth-order valence-corrected chi connectivity index (χ4v) is 6.81. The Bertz CT molecular complexity index is 1280. The molecule has 2 aromatic carbocycles. The van der Waals surface area contributed by atoms with Crippen LogP contribution in [0.3, 0.4) is 0 Å². The molecular weight excluding hydrogens is 530 g/mol. The van der Waals surface area contributed by atoms with Crippen molar-refractivity contribution < 1.29 is 8.42 Å². The highest BCUT2D eigenvalue weighted by atomic mass is 32.2. The van der Waals surface area contributed by atoms with Gasteiger partial charge >= 0.3 is 0 Å². The molecule has 0 aliphatic carbocycles. The van der Waals surface area contributed by atoms with Gasteiger partial charge in [0.05, 0.1) is 12.2 Å². The minimum Gasteiger partial charge on any atom is -0.282 e. The van der Waals surface area contributed by atoms with Crippen LogP contribution in [0.4, 0.5) is 5.69 Å². The number of benzene rings is 2. The zero-order valence-corrected chi connectivity index (χ0v) is 26.9. The molecule has 0 fully saturated rings. The first kappa shape index (κ1) is 32.8. The number of rotatable bonds is 18. The van der Waals surface area contributed by atoms with Gasteiger partial charge in [-0.1, -0.05) is 141 Å². The Morgan fingerprint density at radius 1 is 0.780 bits per heavy atom. The van der Waals surface area contributed by atoms with E-state index in [4.69, 9.17) is 0 Å². The summed E-state index contributed by atoms with van der Waals surface area (Å²) in [4.78, 5) is 1.55. The Kier molecular flexibility index (Phi) is 12.4. The van der Waals surface area contributed by atoms with Gasteiger partial charge in [-0.25, -0.2) is 8.42 Å². The van der Waals surface area contributed by atoms with E-state index in [2.05, 4.69) is 54.8 Å². The van der Waals surface area contributed by atoms with Crippen LogP contribution in [0.5, 0.6) is 0 Å². The highest BCUT2D eigenvalue weighted by molar-refractivity contribution is 7.93. The fraction of sp³-hybridized carbons (Fsp3) is 0.606. The van der Waals surface area contributed by atoms with Gasteiger partial charge in [-0.2, -0.15) is 4.80 Å². The van der Waals surface area contributed by atoms with Crippen LogP contribution in [-0.4, -0.2) is 28.6 Å². The summed E-state index contributed by atoms with van der Waals surface area (Å²) in [6.07, 6.45) is 12.5. The lowest BCUT2D eigenvalue weighted by molar-refractivity contribution is 0.468. The van der Waals surface area contributed by atoms with Crippen molar-refractivity contribution in [3.05, 3.63) is 71.0 Å². The standard InChI is InChI=1S/C33H51N5O2S/c1-7-8-9-10-11-12-13-14-15-19-25-38-35-32(34-37-38)33(6,28-21-17-16-18-22-28)41(39,40)36-31-29(26(2)3)23-20-24-30(31)27(4)5/h16-18,20-24,26-27,36H,7-15,19,25H2,1-6H3. The smallest absolute Gasteiger partial charge is 0.250 e. The molecule has 1 aromatic heterocycles. The normalized spacial score (nSPS) is 13.6. The number of unbranched alkanes of at least 4 members (excludes halogenated alkanes) is 9. The Morgan fingerprint density at radius 3 is 1.85 bits per heavy atom. The number of anilines is 1. The van der Waals surface area contributed by atoms with Gasteiger partial charge in [0, 0.05) is 0 Å². The van der Waals surface area contributed by atoms with Crippen molar-refractivity contribution in [2.75, 3.05) is 4.72 Å². The molecule has 3 aromatic rings. The molecule has 41 heavy (non-hydrogen) atoms. The van der Waals surface area contributed by atoms with Crippen LogP contribution in [0.15, 0.2) is 48.5 Å². The lowest BCUT2D eigenvalue weighted by Gasteiger charge is -2.29. The quantitative estimate of drug-likeness (QED) is 0.152. The van der Waals surface area contributed by atoms with E-state index < -0.39 is 14.8 Å². The van der Waals surface area contributed by atoms with E-state index in [1.54, 1.807) is 11.7 Å². The molecule has 3 rings (SSSR count). The van der Waals surface area contributed by atoms with Gasteiger partial charge in [0.1, 0.15) is 0 Å². The Morgan fingerprint density at radius 2 is 1.32 bits per heavy atom. The van der Waals surface area contributed by atoms with Crippen LogP contribution in [0.25, 0.3) is 0 Å². The van der Waals surface area contributed by atoms with E-state index >= 15 is 0 Å². The lowest BCUT2D eigenvalue weighted by Crippen LogP contribution is -2.40. The molecular formula is C33H51N5O2S. The molecule has 0 amide bonds. The molecule has 0 saturated heterocycles. The number of para-hydroxylation sites is 1. The van der Waals surface area contributed by atoms with Gasteiger partial charge in [0.25, 0.3) is 0 Å². The number of nitrogens with one attached hydrogen (secondary N) is 1. The van der Waals surface area contributed by atoms with E-state index in [0.29, 0.717) is 17.8 Å². The SMILES string of the molecule is CCCCCCCCCCCCn1nnc(C(C)(c2ccccc2)S(=O)(=O)Nc2c(C(C)C)cccc2C(C)C)n1. The molecule has 0 aliphatic rings. The van der Waals surface area contributed by atoms with Gasteiger partial charge in [0.2, 0.25) is 15.8 Å². The van der Waals surface area contributed by atoms with Gasteiger partial charge in [-0.05, 0) is 47.1 Å². The summed E-state index contributed by atoms with van der Waals surface area (Å²) >= 11 is 0. The maximum absolute atomic E-state index is 14.4. The van der Waals surface area contributed by atoms with Crippen LogP contribution in [0, 0.1) is 0 Å². The molecule has 0 saturated carbocycles. The lowest BCUT2D eigenvalue weighted by atomic mass is 9.93. The predicted octanol–water partition coefficient (Wildman–Crippen LogP) is 8.55. The van der Waals surface area contributed by atoms with Crippen molar-refractivity contribution in [1.29, 1.82) is 0 Å². The predicted molar refractivity (Wildman–Crippen MR) is 170 cm³/mol. The number of aryl methyl sites for hydroxylation is 1. The summed E-state index contributed by atoms with van der Waals surface area (Å²) in [7, 11) is -4.05. The summed E-state index contributed by atoms with van der Waals surface area (Å²) in [6, 6.07) is 15.2. The first-order chi connectivity index (χ1) is 19.6. The highest BCUT2D eigenvalue weighted by Gasteiger charge is 2.47. The molecule has 7 nitrogen and oxygen atoms in total. The van der Waals surface area contributed by atoms with Gasteiger partial charge in [-0.3, -0.25) is 4.72 Å². The van der Waals surface area contributed by atoms with Crippen molar-refractivity contribution in [3.63, 3.8) is 0 Å². The van der Waals surface area contributed by atoms with Crippen LogP contribution in [0.2, 0.25) is 0 Å². The molecule has 0 radical (unpaired) electrons. The molecule has 1 heterocycles. The summed E-state index contributed by atoms with van der Waals surface area (Å²) < 4.78 is 30.3. The zero-order valence-electron chi connectivity index (χ0n) is 26.1. The minimum atomic E-state index is -4.05. The summed E-state index contributed by atoms with van der Waals surface area (Å²) in [5.74, 6) is 0.472. The Labute approximate surface area is 248 Å². The van der Waals surface area contributed by atoms with Crippen LogP contribution in [0.1, 0.15) is 140 Å². The van der Waals surface area contributed by atoms with Gasteiger partial charge in [0.15, 0.2) is 4.75 Å². The third-order valence-electron chi connectivity index (χ3n) is 8.06. The van der Waals surface area contributed by atoms with Crippen molar-refractivity contribution in [3.8, 4) is 0 Å². The number of sulfonamides is 1. The summed E-state index contributed by atoms with van der Waals surface area (Å²) in [5.41, 5.74) is 3.18. The molecule has 8 heteroatoms. The van der Waals surface area contributed by atoms with Crippen molar-refractivity contribution in [1.82, 2.24) is 20.2 Å². The Balaban J connectivity index is 1.79. The number of hydrogen-bond acceptors (Lipinski definition) is 5. The largest absolute Gasteiger partial charge is 0.282 e. The number of hydrogen-bond donors (Lipinski definition) is 1. The topological polar surface area (TPSA) is 89.8 Å². The van der Waals surface area contributed by atoms with Crippen molar-refractivity contribution in [2.45, 2.75) is 129 Å². The summed E-state index contributed by atoms with van der Waals surface area (Å²) in [6.45, 7) is 12.9. The van der Waals surface area contributed by atoms with Crippen LogP contribution in [-0.2, 0) is 21.3 Å². The minimum absolute atomic E-state index is 0.148. The number of tetrazole rings is 1. The second kappa shape index (κ2) is 15.5. The number of nitrogens with zero attached hydrogens (tertiary/aromatic N) is 4. The molecule has 1 unspecified atom stereocenters. The average molecular weight is 582 g/mol. The molecule has 1 N–H and O–H groups in total. The highest BCUT2D eigenvalue weighted by Crippen LogP contribution is 2.40. The second-order valence-corrected chi connectivity index (χ2v) is 14.0. The molecule has 0 bridgehead atoms. The first-order valence-electron chi connectivity index (χ1n) is 15.6. The van der Waals surface area contributed by atoms with Crippen molar-refractivity contribution in [2.24, 2.45) is 0 Å². The van der Waals surface area contributed by atoms with E-state index in [0.717, 1.165) is 24.0 Å². The maximum atomic E-state index is 14.4. The maximum Gasteiger partial charge on any atom is 0.250 e. The third kappa shape index (κ3) is 8.40. The van der Waals surface area contributed by atoms with E-state index in [1.807, 2.05) is 48.5 Å². The van der Waals surface area contributed by atoms with Crippen molar-refractivity contribution >= 4 is 15.7 Å². The fourth-order valence-electron chi connectivity index (χ4n) is 5.34. The Hall–Kier alpha value is -2.74. The van der Waals surface area contributed by atoms with E-state index in [-0.39, 0.29) is 17.7 Å². The molecule has 1 atom stereocenters. The monoisotopic (exact) mass is 581 g/mol. The van der Waals surface area contributed by atoms with E-state index in [1.165, 1.54) is 51.4 Å². The van der Waals surface area contributed by atoms with Gasteiger partial charge < -0.3 is 0 Å². The van der Waals surface area contributed by atoms with Crippen LogP contribution >= 0.6 is 0 Å². The average Bonchev–Trinajstić information content (AvgIpc) is 3.43. The van der Waals surface area contributed by atoms with Gasteiger partial charge in [-0.15, -0.1) is 10.2 Å². The first-order valence-corrected chi connectivity index (χ1v) is 17.1. The van der Waals surface area contributed by atoms with Crippen LogP contribution < -0.4 is 4.72 Å². The molecule has 0 spiro atoms. The molecule has 0 aliphatic heterocycles. The zero-order chi connectivity index (χ0) is 29.9. The summed E-state index contributed by atoms with van der Waals surface area (Å²) in [5, 5.41) is 13.2. The number of aromatic nitrogens is 4.